The molecule has 26 heavy (non-hydrogen) atoms. The number of aromatic nitrogens is 3. The van der Waals surface area contributed by atoms with Gasteiger partial charge in [-0.3, -0.25) is 9.78 Å². The quantitative estimate of drug-likeness (QED) is 0.730. The highest BCUT2D eigenvalue weighted by Crippen LogP contribution is 2.32. The molecule has 3 aromatic rings. The molecule has 1 N–H and O–H groups in total. The van der Waals surface area contributed by atoms with Crippen LogP contribution in [0.4, 0.5) is 5.82 Å². The van der Waals surface area contributed by atoms with Gasteiger partial charge in [0.1, 0.15) is 17.3 Å². The van der Waals surface area contributed by atoms with Crippen LogP contribution in [-0.2, 0) is 6.54 Å². The number of nitrogens with one attached hydrogen (secondary N) is 1. The Kier molecular flexibility index (Phi) is 4.39. The summed E-state index contributed by atoms with van der Waals surface area (Å²) in [7, 11) is 0. The fourth-order valence-electron chi connectivity index (χ4n) is 2.72. The maximum absolute atomic E-state index is 12.6. The van der Waals surface area contributed by atoms with Crippen LogP contribution < -0.4 is 10.1 Å². The lowest BCUT2D eigenvalue weighted by Crippen LogP contribution is -2.17. The van der Waals surface area contributed by atoms with Crippen LogP contribution in [0.2, 0.25) is 0 Å². The van der Waals surface area contributed by atoms with Crippen LogP contribution in [0.5, 0.6) is 11.5 Å². The Morgan fingerprint density at radius 1 is 1.19 bits per heavy atom. The summed E-state index contributed by atoms with van der Waals surface area (Å²) in [6.45, 7) is 2.82. The van der Waals surface area contributed by atoms with Crippen LogP contribution in [0.15, 0.2) is 55.0 Å². The first-order chi connectivity index (χ1) is 12.7. The Morgan fingerprint density at radius 2 is 2.00 bits per heavy atom. The van der Waals surface area contributed by atoms with Crippen molar-refractivity contribution < 1.29 is 9.53 Å². The van der Waals surface area contributed by atoms with E-state index in [1.807, 2.05) is 23.7 Å². The van der Waals surface area contributed by atoms with E-state index in [-0.39, 0.29) is 5.91 Å². The molecule has 0 saturated heterocycles. The van der Waals surface area contributed by atoms with Crippen molar-refractivity contribution in [2.75, 3.05) is 5.32 Å². The first-order valence-electron chi connectivity index (χ1n) is 8.71. The Bertz CT molecular complexity index is 899. The number of rotatable bonds is 6. The lowest BCUT2D eigenvalue weighted by Gasteiger charge is -2.10. The highest BCUT2D eigenvalue weighted by atomic mass is 16.5. The molecular weight excluding hydrogens is 328 g/mol. The summed E-state index contributed by atoms with van der Waals surface area (Å²) in [6, 6.07) is 10.7. The number of nitrogens with zero attached hydrogens (tertiary/aromatic N) is 3. The van der Waals surface area contributed by atoms with Gasteiger partial charge in [0.2, 0.25) is 0 Å². The van der Waals surface area contributed by atoms with E-state index in [0.717, 1.165) is 17.9 Å². The largest absolute Gasteiger partial charge is 0.456 e. The number of anilines is 1. The second kappa shape index (κ2) is 7.00. The zero-order chi connectivity index (χ0) is 17.9. The van der Waals surface area contributed by atoms with Crippen molar-refractivity contribution in [1.82, 2.24) is 14.8 Å². The molecule has 2 aromatic heterocycles. The first kappa shape index (κ1) is 16.3. The molecule has 1 amide bonds. The fourth-order valence-corrected chi connectivity index (χ4v) is 2.72. The van der Waals surface area contributed by atoms with Crippen molar-refractivity contribution in [1.29, 1.82) is 0 Å². The van der Waals surface area contributed by atoms with Crippen molar-refractivity contribution in [3.05, 3.63) is 66.1 Å². The minimum Gasteiger partial charge on any atom is -0.456 e. The standard InChI is InChI=1S/C20H20N4O2/c1-14-11-22-24(13-15-4-5-15)19(14)23-20(25)16-6-8-17(9-7-16)26-18-3-2-10-21-12-18/h2-3,6-12,15H,4-5,13H2,1H3,(H,23,25). The third-order valence-corrected chi connectivity index (χ3v) is 4.37. The van der Waals surface area contributed by atoms with Crippen molar-refractivity contribution in [2.45, 2.75) is 26.3 Å². The predicted octanol–water partition coefficient (Wildman–Crippen LogP) is 4.04. The Morgan fingerprint density at radius 3 is 2.69 bits per heavy atom. The van der Waals surface area contributed by atoms with Crippen molar-refractivity contribution in [3.8, 4) is 11.5 Å². The van der Waals surface area contributed by atoms with E-state index in [9.17, 15) is 4.79 Å². The van der Waals surface area contributed by atoms with E-state index in [0.29, 0.717) is 23.0 Å². The minimum absolute atomic E-state index is 0.154. The van der Waals surface area contributed by atoms with Gasteiger partial charge in [-0.25, -0.2) is 4.68 Å². The molecule has 1 aromatic carbocycles. The lowest BCUT2D eigenvalue weighted by molar-refractivity contribution is 0.102. The molecule has 6 heteroatoms. The number of hydrogen-bond acceptors (Lipinski definition) is 4. The molecule has 0 atom stereocenters. The zero-order valence-corrected chi connectivity index (χ0v) is 14.6. The van der Waals surface area contributed by atoms with Crippen molar-refractivity contribution in [3.63, 3.8) is 0 Å². The van der Waals surface area contributed by atoms with Crippen LogP contribution in [0.3, 0.4) is 0 Å². The van der Waals surface area contributed by atoms with Gasteiger partial charge in [-0.1, -0.05) is 0 Å². The molecule has 2 heterocycles. The average molecular weight is 348 g/mol. The number of carbonyl (C=O) groups is 1. The molecule has 0 aliphatic heterocycles. The molecule has 1 aliphatic rings. The van der Waals surface area contributed by atoms with Crippen LogP contribution in [0.25, 0.3) is 0 Å². The molecule has 1 fully saturated rings. The number of carbonyl (C=O) groups excluding carboxylic acids is 1. The van der Waals surface area contributed by atoms with Gasteiger partial charge in [0.15, 0.2) is 0 Å². The number of benzene rings is 1. The Hall–Kier alpha value is -3.15. The summed E-state index contributed by atoms with van der Waals surface area (Å²) in [6.07, 6.45) is 7.61. The summed E-state index contributed by atoms with van der Waals surface area (Å²) >= 11 is 0. The van der Waals surface area contributed by atoms with E-state index >= 15 is 0 Å². The highest BCUT2D eigenvalue weighted by Gasteiger charge is 2.24. The number of amides is 1. The van der Waals surface area contributed by atoms with E-state index in [2.05, 4.69) is 15.4 Å². The van der Waals surface area contributed by atoms with Crippen molar-refractivity contribution in [2.24, 2.45) is 5.92 Å². The van der Waals surface area contributed by atoms with Gasteiger partial charge in [-0.15, -0.1) is 0 Å². The maximum Gasteiger partial charge on any atom is 0.256 e. The molecule has 0 bridgehead atoms. The van der Waals surface area contributed by atoms with E-state index in [4.69, 9.17) is 4.74 Å². The molecular formula is C20H20N4O2. The van der Waals surface area contributed by atoms with E-state index in [1.165, 1.54) is 12.8 Å². The van der Waals surface area contributed by atoms with Gasteiger partial charge in [0.05, 0.1) is 12.4 Å². The third-order valence-electron chi connectivity index (χ3n) is 4.37. The second-order valence-electron chi connectivity index (χ2n) is 6.57. The first-order valence-corrected chi connectivity index (χ1v) is 8.71. The van der Waals surface area contributed by atoms with Crippen LogP contribution in [-0.4, -0.2) is 20.7 Å². The van der Waals surface area contributed by atoms with Gasteiger partial charge in [-0.2, -0.15) is 5.10 Å². The SMILES string of the molecule is Cc1cnn(CC2CC2)c1NC(=O)c1ccc(Oc2cccnc2)cc1. The summed E-state index contributed by atoms with van der Waals surface area (Å²) in [5.41, 5.74) is 1.54. The molecule has 1 saturated carbocycles. The molecule has 1 aliphatic carbocycles. The van der Waals surface area contributed by atoms with E-state index in [1.54, 1.807) is 42.9 Å². The summed E-state index contributed by atoms with van der Waals surface area (Å²) in [5.74, 6) is 2.62. The zero-order valence-electron chi connectivity index (χ0n) is 14.6. The van der Waals surface area contributed by atoms with E-state index < -0.39 is 0 Å². The monoisotopic (exact) mass is 348 g/mol. The topological polar surface area (TPSA) is 69.0 Å². The molecule has 0 unspecified atom stereocenters. The fraction of sp³-hybridized carbons (Fsp3) is 0.250. The normalized spacial score (nSPS) is 13.4. The maximum atomic E-state index is 12.6. The summed E-state index contributed by atoms with van der Waals surface area (Å²) in [4.78, 5) is 16.6. The molecule has 4 rings (SSSR count). The number of aryl methyl sites for hydroxylation is 1. The van der Waals surface area contributed by atoms with Crippen LogP contribution in [0.1, 0.15) is 28.8 Å². The third kappa shape index (κ3) is 3.74. The van der Waals surface area contributed by atoms with Gasteiger partial charge < -0.3 is 10.1 Å². The Balaban J connectivity index is 1.44. The predicted molar refractivity (Wildman–Crippen MR) is 98.4 cm³/mol. The molecule has 0 spiro atoms. The van der Waals surface area contributed by atoms with Crippen LogP contribution in [0, 0.1) is 12.8 Å². The van der Waals surface area contributed by atoms with Gasteiger partial charge in [0.25, 0.3) is 5.91 Å². The molecule has 0 radical (unpaired) electrons. The number of hydrogen-bond donors (Lipinski definition) is 1. The second-order valence-corrected chi connectivity index (χ2v) is 6.57. The molecule has 132 valence electrons. The average Bonchev–Trinajstić information content (AvgIpc) is 3.42. The summed E-state index contributed by atoms with van der Waals surface area (Å²) < 4.78 is 7.59. The van der Waals surface area contributed by atoms with Crippen LogP contribution >= 0.6 is 0 Å². The van der Waals surface area contributed by atoms with Gasteiger partial charge in [-0.05, 0) is 62.1 Å². The summed E-state index contributed by atoms with van der Waals surface area (Å²) in [5, 5.41) is 7.37. The molecule has 6 nitrogen and oxygen atoms in total. The number of pyridine rings is 1. The minimum atomic E-state index is -0.154. The highest BCUT2D eigenvalue weighted by molar-refractivity contribution is 6.04. The van der Waals surface area contributed by atoms with Gasteiger partial charge in [0, 0.05) is 23.9 Å². The lowest BCUT2D eigenvalue weighted by atomic mass is 10.2. The Labute approximate surface area is 151 Å². The smallest absolute Gasteiger partial charge is 0.256 e. The number of ether oxygens (including phenoxy) is 1. The van der Waals surface area contributed by atoms with Gasteiger partial charge >= 0.3 is 0 Å². The van der Waals surface area contributed by atoms with Crippen molar-refractivity contribution >= 4 is 11.7 Å².